The number of oxazole rings is 1. The van der Waals surface area contributed by atoms with Gasteiger partial charge in [0.25, 0.3) is 0 Å². The third-order valence-electron chi connectivity index (χ3n) is 3.81. The van der Waals surface area contributed by atoms with Crippen molar-refractivity contribution in [2.24, 2.45) is 7.05 Å². The SMILES string of the molecule is Cc1cccc(OS(=O)(=O)c2ccc3c(c2)oc(=O)n3C)c1C. The van der Waals surface area contributed by atoms with Crippen LogP contribution in [0.3, 0.4) is 0 Å². The van der Waals surface area contributed by atoms with E-state index in [4.69, 9.17) is 8.60 Å². The molecule has 0 aliphatic heterocycles. The zero-order chi connectivity index (χ0) is 16.8. The summed E-state index contributed by atoms with van der Waals surface area (Å²) in [6, 6.07) is 9.39. The third-order valence-corrected chi connectivity index (χ3v) is 5.04. The number of rotatable bonds is 3. The summed E-state index contributed by atoms with van der Waals surface area (Å²) in [5.74, 6) is -0.274. The molecule has 3 rings (SSSR count). The third kappa shape index (κ3) is 2.63. The first-order chi connectivity index (χ1) is 10.8. The predicted molar refractivity (Wildman–Crippen MR) is 85.2 cm³/mol. The molecule has 0 aliphatic carbocycles. The van der Waals surface area contributed by atoms with Crippen molar-refractivity contribution in [3.05, 3.63) is 58.1 Å². The van der Waals surface area contributed by atoms with Crippen molar-refractivity contribution in [1.29, 1.82) is 0 Å². The smallest absolute Gasteiger partial charge is 0.408 e. The lowest BCUT2D eigenvalue weighted by Crippen LogP contribution is -2.11. The first-order valence-corrected chi connectivity index (χ1v) is 8.31. The molecule has 0 bridgehead atoms. The fraction of sp³-hybridized carbons (Fsp3) is 0.188. The van der Waals surface area contributed by atoms with Crippen LogP contribution in [-0.4, -0.2) is 13.0 Å². The Balaban J connectivity index is 2.06. The molecule has 6 nitrogen and oxygen atoms in total. The molecule has 23 heavy (non-hydrogen) atoms. The van der Waals surface area contributed by atoms with Gasteiger partial charge < -0.3 is 8.60 Å². The van der Waals surface area contributed by atoms with Gasteiger partial charge in [0.1, 0.15) is 10.6 Å². The van der Waals surface area contributed by atoms with E-state index in [-0.39, 0.29) is 16.2 Å². The summed E-state index contributed by atoms with van der Waals surface area (Å²) in [5.41, 5.74) is 2.40. The number of hydrogen-bond acceptors (Lipinski definition) is 5. The van der Waals surface area contributed by atoms with Gasteiger partial charge in [-0.05, 0) is 43.2 Å². The molecule has 0 atom stereocenters. The highest BCUT2D eigenvalue weighted by molar-refractivity contribution is 7.87. The quantitative estimate of drug-likeness (QED) is 0.688. The summed E-state index contributed by atoms with van der Waals surface area (Å²) >= 11 is 0. The van der Waals surface area contributed by atoms with Crippen LogP contribution in [0, 0.1) is 13.8 Å². The largest absolute Gasteiger partial charge is 0.419 e. The van der Waals surface area contributed by atoms with Crippen molar-refractivity contribution in [2.75, 3.05) is 0 Å². The number of hydrogen-bond donors (Lipinski definition) is 0. The maximum absolute atomic E-state index is 12.5. The first kappa shape index (κ1) is 15.4. The average molecular weight is 333 g/mol. The van der Waals surface area contributed by atoms with Gasteiger partial charge in [0, 0.05) is 13.1 Å². The van der Waals surface area contributed by atoms with E-state index < -0.39 is 15.9 Å². The lowest BCUT2D eigenvalue weighted by molar-refractivity contribution is 0.483. The average Bonchev–Trinajstić information content (AvgIpc) is 2.78. The zero-order valence-corrected chi connectivity index (χ0v) is 13.7. The molecule has 0 saturated carbocycles. The Hall–Kier alpha value is -2.54. The van der Waals surface area contributed by atoms with E-state index in [1.54, 1.807) is 26.1 Å². The van der Waals surface area contributed by atoms with Crippen LogP contribution in [0.2, 0.25) is 0 Å². The van der Waals surface area contributed by atoms with Crippen molar-refractivity contribution < 1.29 is 17.0 Å². The summed E-state index contributed by atoms with van der Waals surface area (Å²) in [6.07, 6.45) is 0. The van der Waals surface area contributed by atoms with E-state index in [9.17, 15) is 13.2 Å². The zero-order valence-electron chi connectivity index (χ0n) is 12.9. The molecule has 120 valence electrons. The number of nitrogens with zero attached hydrogens (tertiary/aromatic N) is 1. The van der Waals surface area contributed by atoms with Crippen LogP contribution in [0.5, 0.6) is 5.75 Å². The summed E-state index contributed by atoms with van der Waals surface area (Å²) in [5, 5.41) is 0. The Morgan fingerprint density at radius 2 is 1.87 bits per heavy atom. The molecule has 0 saturated heterocycles. The van der Waals surface area contributed by atoms with E-state index >= 15 is 0 Å². The molecule has 0 fully saturated rings. The molecule has 0 N–H and O–H groups in total. The second kappa shape index (κ2) is 5.27. The lowest BCUT2D eigenvalue weighted by Gasteiger charge is -2.10. The molecule has 0 aliphatic rings. The Labute approximate surface area is 133 Å². The van der Waals surface area contributed by atoms with Crippen molar-refractivity contribution in [3.8, 4) is 5.75 Å². The topological polar surface area (TPSA) is 78.5 Å². The highest BCUT2D eigenvalue weighted by atomic mass is 32.2. The standard InChI is InChI=1S/C16H15NO5S/c1-10-5-4-6-14(11(10)2)22-23(19,20)12-7-8-13-15(9-12)21-16(18)17(13)3/h4-9H,1-3H3. The maximum atomic E-state index is 12.5. The summed E-state index contributed by atoms with van der Waals surface area (Å²) < 4.78 is 36.5. The summed E-state index contributed by atoms with van der Waals surface area (Å²) in [7, 11) is -2.47. The molecule has 0 amide bonds. The van der Waals surface area contributed by atoms with Gasteiger partial charge in [0.2, 0.25) is 0 Å². The second-order valence-electron chi connectivity index (χ2n) is 5.29. The van der Waals surface area contributed by atoms with E-state index in [0.29, 0.717) is 5.52 Å². The Morgan fingerprint density at radius 3 is 2.61 bits per heavy atom. The highest BCUT2D eigenvalue weighted by Gasteiger charge is 2.20. The minimum Gasteiger partial charge on any atom is -0.408 e. The Bertz CT molecular complexity index is 1060. The molecular weight excluding hydrogens is 318 g/mol. The maximum Gasteiger partial charge on any atom is 0.419 e. The number of benzene rings is 2. The van der Waals surface area contributed by atoms with Crippen LogP contribution in [0.4, 0.5) is 0 Å². The van der Waals surface area contributed by atoms with Crippen molar-refractivity contribution >= 4 is 21.2 Å². The van der Waals surface area contributed by atoms with E-state index in [2.05, 4.69) is 0 Å². The van der Waals surface area contributed by atoms with Gasteiger partial charge in [-0.15, -0.1) is 0 Å². The van der Waals surface area contributed by atoms with Crippen LogP contribution >= 0.6 is 0 Å². The fourth-order valence-corrected chi connectivity index (χ4v) is 3.25. The van der Waals surface area contributed by atoms with Crippen LogP contribution in [0.25, 0.3) is 11.1 Å². The normalized spacial score (nSPS) is 11.8. The minimum absolute atomic E-state index is 0.0692. The lowest BCUT2D eigenvalue weighted by atomic mass is 10.1. The van der Waals surface area contributed by atoms with E-state index in [1.165, 1.54) is 22.8 Å². The molecule has 1 heterocycles. The summed E-state index contributed by atoms with van der Waals surface area (Å²) in [6.45, 7) is 3.67. The summed E-state index contributed by atoms with van der Waals surface area (Å²) in [4.78, 5) is 11.4. The molecule has 0 radical (unpaired) electrons. The van der Waals surface area contributed by atoms with Gasteiger partial charge in [-0.1, -0.05) is 12.1 Å². The van der Waals surface area contributed by atoms with Gasteiger partial charge in [-0.2, -0.15) is 8.42 Å². The van der Waals surface area contributed by atoms with Crippen LogP contribution in [0.1, 0.15) is 11.1 Å². The predicted octanol–water partition coefficient (Wildman–Crippen LogP) is 2.52. The van der Waals surface area contributed by atoms with Crippen molar-refractivity contribution in [2.45, 2.75) is 18.7 Å². The van der Waals surface area contributed by atoms with Gasteiger partial charge >= 0.3 is 15.9 Å². The van der Waals surface area contributed by atoms with Gasteiger partial charge in [0.05, 0.1) is 5.52 Å². The molecule has 7 heteroatoms. The first-order valence-electron chi connectivity index (χ1n) is 6.90. The fourth-order valence-electron chi connectivity index (χ4n) is 2.25. The molecule has 0 spiro atoms. The molecule has 0 unspecified atom stereocenters. The molecule has 3 aromatic rings. The minimum atomic E-state index is -4.02. The van der Waals surface area contributed by atoms with Crippen LogP contribution in [-0.2, 0) is 17.2 Å². The van der Waals surface area contributed by atoms with Gasteiger partial charge in [-0.25, -0.2) is 4.79 Å². The van der Waals surface area contributed by atoms with E-state index in [0.717, 1.165) is 11.1 Å². The van der Waals surface area contributed by atoms with Crippen molar-refractivity contribution in [1.82, 2.24) is 4.57 Å². The van der Waals surface area contributed by atoms with Crippen LogP contribution in [0.15, 0.2) is 50.5 Å². The number of fused-ring (bicyclic) bond motifs is 1. The second-order valence-corrected chi connectivity index (χ2v) is 6.84. The van der Waals surface area contributed by atoms with Crippen LogP contribution < -0.4 is 9.94 Å². The van der Waals surface area contributed by atoms with Gasteiger partial charge in [0.15, 0.2) is 5.58 Å². The Morgan fingerprint density at radius 1 is 1.13 bits per heavy atom. The van der Waals surface area contributed by atoms with Crippen molar-refractivity contribution in [3.63, 3.8) is 0 Å². The number of aromatic nitrogens is 1. The Kier molecular flexibility index (Phi) is 3.52. The van der Waals surface area contributed by atoms with Gasteiger partial charge in [-0.3, -0.25) is 4.57 Å². The number of aryl methyl sites for hydroxylation is 2. The highest BCUT2D eigenvalue weighted by Crippen LogP contribution is 2.26. The molecular formula is C16H15NO5S. The van der Waals surface area contributed by atoms with E-state index in [1.807, 2.05) is 13.0 Å². The molecule has 1 aromatic heterocycles. The monoisotopic (exact) mass is 333 g/mol. The molecule has 2 aromatic carbocycles.